The Labute approximate surface area is 107 Å². The zero-order valence-corrected chi connectivity index (χ0v) is 10.9. The van der Waals surface area contributed by atoms with E-state index in [-0.39, 0.29) is 5.11 Å². The average molecular weight is 304 g/mol. The fourth-order valence-corrected chi connectivity index (χ4v) is 1.47. The lowest BCUT2D eigenvalue weighted by atomic mass is 10.4. The summed E-state index contributed by atoms with van der Waals surface area (Å²) >= 11 is 8.13. The number of alkyl carbamates (subject to hydrolysis) is 1. The molecule has 0 aliphatic heterocycles. The smallest absolute Gasteiger partial charge is 0.413 e. The number of hydrogen-bond donors (Lipinski definition) is 2. The van der Waals surface area contributed by atoms with Crippen LogP contribution in [-0.2, 0) is 4.74 Å². The first-order valence-corrected chi connectivity index (χ1v) is 5.68. The van der Waals surface area contributed by atoms with Crippen LogP contribution in [0.4, 0.5) is 10.5 Å². The van der Waals surface area contributed by atoms with Crippen LogP contribution in [0.25, 0.3) is 0 Å². The number of carbonyl (C=O) groups is 1. The quantitative estimate of drug-likeness (QED) is 0.648. The fourth-order valence-electron chi connectivity index (χ4n) is 0.902. The van der Waals surface area contributed by atoms with Crippen LogP contribution in [0.15, 0.2) is 22.9 Å². The van der Waals surface area contributed by atoms with Crippen molar-refractivity contribution in [2.75, 3.05) is 11.9 Å². The molecule has 1 heterocycles. The molecular formula is C9H10BrN3O2S. The summed E-state index contributed by atoms with van der Waals surface area (Å²) in [6.45, 7) is 2.02. The van der Waals surface area contributed by atoms with Gasteiger partial charge in [0.05, 0.1) is 6.61 Å². The zero-order valence-electron chi connectivity index (χ0n) is 8.49. The van der Waals surface area contributed by atoms with E-state index in [1.54, 1.807) is 25.3 Å². The molecule has 0 unspecified atom stereocenters. The van der Waals surface area contributed by atoms with Crippen molar-refractivity contribution in [3.05, 3.63) is 22.9 Å². The second kappa shape index (κ2) is 6.39. The Balaban J connectivity index is 2.48. The number of hydrogen-bond acceptors (Lipinski definition) is 4. The number of nitrogens with zero attached hydrogens (tertiary/aromatic N) is 1. The number of halogens is 1. The van der Waals surface area contributed by atoms with Crippen molar-refractivity contribution in [2.24, 2.45) is 0 Å². The minimum Gasteiger partial charge on any atom is -0.450 e. The highest BCUT2D eigenvalue weighted by molar-refractivity contribution is 9.10. The molecule has 1 rings (SSSR count). The van der Waals surface area contributed by atoms with Crippen molar-refractivity contribution in [1.29, 1.82) is 0 Å². The predicted octanol–water partition coefficient (Wildman–Crippen LogP) is 2.29. The summed E-state index contributed by atoms with van der Waals surface area (Å²) in [5, 5.41) is 5.37. The minimum atomic E-state index is -0.576. The molecule has 0 spiro atoms. The number of ether oxygens (including phenoxy) is 1. The molecule has 2 N–H and O–H groups in total. The molecule has 1 aromatic rings. The number of thiocarbonyl (C=S) groups is 1. The minimum absolute atomic E-state index is 0.177. The van der Waals surface area contributed by atoms with Crippen molar-refractivity contribution < 1.29 is 9.53 Å². The summed E-state index contributed by atoms with van der Waals surface area (Å²) in [6, 6.07) is 3.46. The van der Waals surface area contributed by atoms with Gasteiger partial charge in [-0.25, -0.2) is 9.78 Å². The summed E-state index contributed by atoms with van der Waals surface area (Å²) in [7, 11) is 0. The van der Waals surface area contributed by atoms with Crippen molar-refractivity contribution in [2.45, 2.75) is 6.92 Å². The molecular weight excluding hydrogens is 294 g/mol. The van der Waals surface area contributed by atoms with Crippen LogP contribution in [0, 0.1) is 0 Å². The highest BCUT2D eigenvalue weighted by atomic mass is 79.9. The van der Waals surface area contributed by atoms with Crippen molar-refractivity contribution >= 4 is 45.0 Å². The first-order chi connectivity index (χ1) is 7.61. The number of anilines is 1. The summed E-state index contributed by atoms with van der Waals surface area (Å²) < 4.78 is 5.35. The van der Waals surface area contributed by atoms with E-state index < -0.39 is 6.09 Å². The van der Waals surface area contributed by atoms with Crippen LogP contribution >= 0.6 is 28.1 Å². The van der Waals surface area contributed by atoms with Gasteiger partial charge in [0.25, 0.3) is 0 Å². The molecule has 0 saturated heterocycles. The summed E-state index contributed by atoms with van der Waals surface area (Å²) in [6.07, 6.45) is 1.03. The van der Waals surface area contributed by atoms with E-state index in [1.165, 1.54) is 0 Å². The molecule has 0 fully saturated rings. The summed E-state index contributed by atoms with van der Waals surface area (Å²) in [5.74, 6) is 0. The Kier molecular flexibility index (Phi) is 5.13. The van der Waals surface area contributed by atoms with Gasteiger partial charge in [0.2, 0.25) is 0 Å². The van der Waals surface area contributed by atoms with Gasteiger partial charge in [-0.15, -0.1) is 0 Å². The topological polar surface area (TPSA) is 63.2 Å². The second-order valence-electron chi connectivity index (χ2n) is 2.67. The van der Waals surface area contributed by atoms with Gasteiger partial charge in [-0.05, 0) is 47.2 Å². The molecule has 0 aromatic carbocycles. The first kappa shape index (κ1) is 12.9. The van der Waals surface area contributed by atoms with E-state index in [0.29, 0.717) is 11.2 Å². The SMILES string of the molecule is CCOC(=O)NC(=S)Nc1ccnc(Br)c1. The first-order valence-electron chi connectivity index (χ1n) is 4.48. The maximum absolute atomic E-state index is 11.0. The van der Waals surface area contributed by atoms with Gasteiger partial charge < -0.3 is 10.1 Å². The van der Waals surface area contributed by atoms with Crippen LogP contribution < -0.4 is 10.6 Å². The molecule has 1 aromatic heterocycles. The van der Waals surface area contributed by atoms with Crippen LogP contribution in [0.2, 0.25) is 0 Å². The van der Waals surface area contributed by atoms with E-state index in [0.717, 1.165) is 5.69 Å². The van der Waals surface area contributed by atoms with Crippen LogP contribution in [-0.4, -0.2) is 22.8 Å². The second-order valence-corrected chi connectivity index (χ2v) is 3.89. The van der Waals surface area contributed by atoms with E-state index in [9.17, 15) is 4.79 Å². The van der Waals surface area contributed by atoms with Crippen LogP contribution in [0.3, 0.4) is 0 Å². The van der Waals surface area contributed by atoms with E-state index in [2.05, 4.69) is 36.3 Å². The number of carbonyl (C=O) groups excluding carboxylic acids is 1. The number of pyridine rings is 1. The van der Waals surface area contributed by atoms with Gasteiger partial charge in [0.15, 0.2) is 5.11 Å². The van der Waals surface area contributed by atoms with Crippen molar-refractivity contribution in [3.8, 4) is 0 Å². The zero-order chi connectivity index (χ0) is 12.0. The number of rotatable bonds is 2. The van der Waals surface area contributed by atoms with E-state index in [1.807, 2.05) is 0 Å². The molecule has 86 valence electrons. The third-order valence-corrected chi connectivity index (χ3v) is 2.11. The Bertz CT molecular complexity index is 400. The fraction of sp³-hybridized carbons (Fsp3) is 0.222. The lowest BCUT2D eigenvalue weighted by molar-refractivity contribution is 0.158. The molecule has 5 nitrogen and oxygen atoms in total. The van der Waals surface area contributed by atoms with Gasteiger partial charge in [-0.3, -0.25) is 5.32 Å². The average Bonchev–Trinajstić information content (AvgIpc) is 2.17. The van der Waals surface area contributed by atoms with Gasteiger partial charge >= 0.3 is 6.09 Å². The monoisotopic (exact) mass is 303 g/mol. The van der Waals surface area contributed by atoms with Crippen LogP contribution in [0.5, 0.6) is 0 Å². The number of amides is 1. The Morgan fingerprint density at radius 1 is 1.69 bits per heavy atom. The van der Waals surface area contributed by atoms with Gasteiger partial charge in [-0.1, -0.05) is 0 Å². The van der Waals surface area contributed by atoms with E-state index in [4.69, 9.17) is 12.2 Å². The molecule has 1 amide bonds. The lowest BCUT2D eigenvalue weighted by Gasteiger charge is -2.08. The van der Waals surface area contributed by atoms with E-state index >= 15 is 0 Å². The van der Waals surface area contributed by atoms with Gasteiger partial charge in [0.1, 0.15) is 4.60 Å². The van der Waals surface area contributed by atoms with Crippen molar-refractivity contribution in [1.82, 2.24) is 10.3 Å². The molecule has 0 aliphatic rings. The molecule has 16 heavy (non-hydrogen) atoms. The Hall–Kier alpha value is -1.21. The number of aromatic nitrogens is 1. The molecule has 0 saturated carbocycles. The molecule has 0 atom stereocenters. The third kappa shape index (κ3) is 4.54. The molecule has 0 radical (unpaired) electrons. The Morgan fingerprint density at radius 3 is 3.06 bits per heavy atom. The maximum atomic E-state index is 11.0. The molecule has 0 bridgehead atoms. The van der Waals surface area contributed by atoms with Crippen molar-refractivity contribution in [3.63, 3.8) is 0 Å². The maximum Gasteiger partial charge on any atom is 0.413 e. The van der Waals surface area contributed by atoms with Crippen LogP contribution in [0.1, 0.15) is 6.92 Å². The summed E-state index contributed by atoms with van der Waals surface area (Å²) in [4.78, 5) is 15.0. The normalized spacial score (nSPS) is 9.38. The highest BCUT2D eigenvalue weighted by Gasteiger charge is 2.04. The molecule has 0 aliphatic carbocycles. The predicted molar refractivity (Wildman–Crippen MR) is 68.3 cm³/mol. The standard InChI is InChI=1S/C9H10BrN3O2S/c1-2-15-9(14)13-8(16)12-6-3-4-11-7(10)5-6/h3-5H,2H2,1H3,(H2,11,12,13,14,16). The molecule has 7 heteroatoms. The summed E-state index contributed by atoms with van der Waals surface area (Å²) in [5.41, 5.74) is 0.726. The third-order valence-electron chi connectivity index (χ3n) is 1.48. The van der Waals surface area contributed by atoms with Gasteiger partial charge in [-0.2, -0.15) is 0 Å². The Morgan fingerprint density at radius 2 is 2.44 bits per heavy atom. The largest absolute Gasteiger partial charge is 0.450 e. The number of nitrogens with one attached hydrogen (secondary N) is 2. The highest BCUT2D eigenvalue weighted by Crippen LogP contribution is 2.12. The lowest BCUT2D eigenvalue weighted by Crippen LogP contribution is -2.34. The van der Waals surface area contributed by atoms with Gasteiger partial charge in [0, 0.05) is 11.9 Å².